The first-order chi connectivity index (χ1) is 10.3. The van der Waals surface area contributed by atoms with Crippen molar-refractivity contribution < 1.29 is 9.47 Å². The smallest absolute Gasteiger partial charge is 0.0998 e. The summed E-state index contributed by atoms with van der Waals surface area (Å²) < 4.78 is 10.4. The summed E-state index contributed by atoms with van der Waals surface area (Å²) >= 11 is 0. The van der Waals surface area contributed by atoms with Crippen molar-refractivity contribution >= 4 is 16.5 Å². The van der Waals surface area contributed by atoms with E-state index in [1.807, 2.05) is 30.3 Å². The molecule has 2 aromatic rings. The molecule has 0 atom stereocenters. The second-order valence-corrected chi connectivity index (χ2v) is 4.76. The summed E-state index contributed by atoms with van der Waals surface area (Å²) in [6, 6.07) is 14.1. The minimum Gasteiger partial charge on any atom is -0.383 e. The highest BCUT2D eigenvalue weighted by atomic mass is 16.5. The zero-order chi connectivity index (χ0) is 15.1. The van der Waals surface area contributed by atoms with Crippen LogP contribution < -0.4 is 4.90 Å². The van der Waals surface area contributed by atoms with E-state index in [1.54, 1.807) is 14.2 Å². The average molecular weight is 284 g/mol. The highest BCUT2D eigenvalue weighted by Gasteiger charge is 2.12. The van der Waals surface area contributed by atoms with E-state index in [4.69, 9.17) is 9.47 Å². The lowest BCUT2D eigenvalue weighted by Gasteiger charge is -2.26. The highest BCUT2D eigenvalue weighted by Crippen LogP contribution is 2.29. The predicted octanol–water partition coefficient (Wildman–Crippen LogP) is 2.81. The summed E-state index contributed by atoms with van der Waals surface area (Å²) in [5.41, 5.74) is 1.81. The lowest BCUT2D eigenvalue weighted by atomic mass is 10.0. The van der Waals surface area contributed by atoms with Crippen LogP contribution in [0.1, 0.15) is 5.56 Å². The molecule has 2 aromatic carbocycles. The largest absolute Gasteiger partial charge is 0.383 e. The van der Waals surface area contributed by atoms with Gasteiger partial charge in [-0.2, -0.15) is 5.26 Å². The second kappa shape index (κ2) is 7.63. The Morgan fingerprint density at radius 2 is 1.57 bits per heavy atom. The van der Waals surface area contributed by atoms with Gasteiger partial charge in [0.05, 0.1) is 24.8 Å². The Morgan fingerprint density at radius 1 is 0.952 bits per heavy atom. The summed E-state index contributed by atoms with van der Waals surface area (Å²) in [5.74, 6) is 0. The topological polar surface area (TPSA) is 45.5 Å². The number of nitrogens with zero attached hydrogens (tertiary/aromatic N) is 2. The van der Waals surface area contributed by atoms with E-state index >= 15 is 0 Å². The summed E-state index contributed by atoms with van der Waals surface area (Å²) in [5, 5.41) is 11.3. The lowest BCUT2D eigenvalue weighted by Crippen LogP contribution is -2.30. The maximum absolute atomic E-state index is 9.24. The molecular formula is C17H20N2O2. The van der Waals surface area contributed by atoms with Crippen molar-refractivity contribution in [3.8, 4) is 6.07 Å². The number of hydrogen-bond acceptors (Lipinski definition) is 4. The third-order valence-electron chi connectivity index (χ3n) is 3.49. The van der Waals surface area contributed by atoms with Gasteiger partial charge in [-0.15, -0.1) is 0 Å². The normalized spacial score (nSPS) is 10.5. The molecule has 4 nitrogen and oxygen atoms in total. The minimum absolute atomic E-state index is 0.651. The van der Waals surface area contributed by atoms with Gasteiger partial charge in [0.2, 0.25) is 0 Å². The van der Waals surface area contributed by atoms with Gasteiger partial charge in [-0.05, 0) is 12.1 Å². The van der Waals surface area contributed by atoms with E-state index in [1.165, 1.54) is 0 Å². The summed E-state index contributed by atoms with van der Waals surface area (Å²) in [7, 11) is 3.40. The fourth-order valence-electron chi connectivity index (χ4n) is 2.41. The number of anilines is 1. The van der Waals surface area contributed by atoms with Crippen molar-refractivity contribution in [3.05, 3.63) is 42.0 Å². The molecule has 0 unspecified atom stereocenters. The van der Waals surface area contributed by atoms with Crippen LogP contribution in [-0.2, 0) is 9.47 Å². The molecule has 110 valence electrons. The molecule has 4 heteroatoms. The molecule has 0 aromatic heterocycles. The second-order valence-electron chi connectivity index (χ2n) is 4.76. The summed E-state index contributed by atoms with van der Waals surface area (Å²) in [4.78, 5) is 2.23. The number of hydrogen-bond donors (Lipinski definition) is 0. The number of benzene rings is 2. The molecule has 21 heavy (non-hydrogen) atoms. The fraction of sp³-hybridized carbons (Fsp3) is 0.353. The van der Waals surface area contributed by atoms with Crippen LogP contribution >= 0.6 is 0 Å². The van der Waals surface area contributed by atoms with Crippen molar-refractivity contribution in [1.29, 1.82) is 5.26 Å². The number of rotatable bonds is 7. The molecule has 0 radical (unpaired) electrons. The Bertz CT molecular complexity index is 626. The lowest BCUT2D eigenvalue weighted by molar-refractivity contribution is 0.190. The van der Waals surface area contributed by atoms with Crippen LogP contribution in [0.3, 0.4) is 0 Å². The maximum Gasteiger partial charge on any atom is 0.0998 e. The molecule has 0 fully saturated rings. The van der Waals surface area contributed by atoms with Crippen LogP contribution in [-0.4, -0.2) is 40.5 Å². The van der Waals surface area contributed by atoms with Crippen molar-refractivity contribution in [2.75, 3.05) is 45.4 Å². The number of fused-ring (bicyclic) bond motifs is 1. The number of methoxy groups -OCH3 is 2. The van der Waals surface area contributed by atoms with E-state index in [-0.39, 0.29) is 0 Å². The van der Waals surface area contributed by atoms with Gasteiger partial charge in [0, 0.05) is 43.8 Å². The highest BCUT2D eigenvalue weighted by molar-refractivity contribution is 5.97. The zero-order valence-corrected chi connectivity index (χ0v) is 12.5. The van der Waals surface area contributed by atoms with Gasteiger partial charge >= 0.3 is 0 Å². The van der Waals surface area contributed by atoms with Crippen molar-refractivity contribution in [2.24, 2.45) is 0 Å². The van der Waals surface area contributed by atoms with Gasteiger partial charge in [-0.25, -0.2) is 0 Å². The number of nitriles is 1. The number of ether oxygens (including phenoxy) is 2. The third kappa shape index (κ3) is 3.52. The molecule has 0 saturated heterocycles. The van der Waals surface area contributed by atoms with Crippen LogP contribution in [0, 0.1) is 11.3 Å². The quantitative estimate of drug-likeness (QED) is 0.784. The monoisotopic (exact) mass is 284 g/mol. The predicted molar refractivity (Wildman–Crippen MR) is 84.6 cm³/mol. The van der Waals surface area contributed by atoms with Crippen LogP contribution in [0.2, 0.25) is 0 Å². The zero-order valence-electron chi connectivity index (χ0n) is 12.5. The van der Waals surface area contributed by atoms with Crippen LogP contribution in [0.5, 0.6) is 0 Å². The van der Waals surface area contributed by atoms with E-state index in [9.17, 15) is 5.26 Å². The molecule has 0 aliphatic heterocycles. The average Bonchev–Trinajstić information content (AvgIpc) is 2.54. The van der Waals surface area contributed by atoms with Gasteiger partial charge in [0.15, 0.2) is 0 Å². The first-order valence-electron chi connectivity index (χ1n) is 6.96. The van der Waals surface area contributed by atoms with Gasteiger partial charge in [-0.1, -0.05) is 24.3 Å². The van der Waals surface area contributed by atoms with Crippen molar-refractivity contribution in [1.82, 2.24) is 0 Å². The van der Waals surface area contributed by atoms with E-state index in [0.717, 1.165) is 29.5 Å². The molecule has 0 aliphatic carbocycles. The first-order valence-corrected chi connectivity index (χ1v) is 6.96. The molecule has 0 amide bonds. The Labute approximate surface area is 125 Å². The third-order valence-corrected chi connectivity index (χ3v) is 3.49. The van der Waals surface area contributed by atoms with Crippen LogP contribution in [0.4, 0.5) is 5.69 Å². The Balaban J connectivity index is 2.44. The standard InChI is InChI=1S/C17H20N2O2/c1-20-11-9-19(10-12-21-2)17-8-7-14(13-18)15-5-3-4-6-16(15)17/h3-8H,9-12H2,1-2H3. The molecule has 0 heterocycles. The fourth-order valence-corrected chi connectivity index (χ4v) is 2.41. The summed E-state index contributed by atoms with van der Waals surface area (Å²) in [6.45, 7) is 2.88. The van der Waals surface area contributed by atoms with Gasteiger partial charge in [0.25, 0.3) is 0 Å². The first kappa shape index (κ1) is 15.3. The molecule has 0 bridgehead atoms. The maximum atomic E-state index is 9.24. The Hall–Kier alpha value is -2.09. The van der Waals surface area contributed by atoms with E-state index < -0.39 is 0 Å². The summed E-state index contributed by atoms with van der Waals surface area (Å²) in [6.07, 6.45) is 0. The van der Waals surface area contributed by atoms with Crippen molar-refractivity contribution in [3.63, 3.8) is 0 Å². The van der Waals surface area contributed by atoms with Crippen LogP contribution in [0.15, 0.2) is 36.4 Å². The Kier molecular flexibility index (Phi) is 5.56. The van der Waals surface area contributed by atoms with Crippen LogP contribution in [0.25, 0.3) is 10.8 Å². The molecular weight excluding hydrogens is 264 g/mol. The molecule has 0 spiro atoms. The molecule has 0 N–H and O–H groups in total. The molecule has 2 rings (SSSR count). The van der Waals surface area contributed by atoms with Gasteiger partial charge < -0.3 is 14.4 Å². The van der Waals surface area contributed by atoms with Gasteiger partial charge in [0.1, 0.15) is 0 Å². The van der Waals surface area contributed by atoms with Crippen molar-refractivity contribution in [2.45, 2.75) is 0 Å². The van der Waals surface area contributed by atoms with E-state index in [0.29, 0.717) is 18.8 Å². The Morgan fingerprint density at radius 3 is 2.14 bits per heavy atom. The van der Waals surface area contributed by atoms with E-state index in [2.05, 4.69) is 17.0 Å². The molecule has 0 saturated carbocycles. The van der Waals surface area contributed by atoms with Gasteiger partial charge in [-0.3, -0.25) is 0 Å². The SMILES string of the molecule is COCCN(CCOC)c1ccc(C#N)c2ccccc12. The molecule has 0 aliphatic rings. The minimum atomic E-state index is 0.651.